The van der Waals surface area contributed by atoms with E-state index in [1.165, 1.54) is 23.3 Å². The fourth-order valence-electron chi connectivity index (χ4n) is 2.20. The molecule has 1 aromatic heterocycles. The van der Waals surface area contributed by atoms with Gasteiger partial charge < -0.3 is 5.32 Å². The maximum atomic E-state index is 12.9. The van der Waals surface area contributed by atoms with E-state index < -0.39 is 0 Å². The normalized spacial score (nSPS) is 16.7. The number of hydrogen-bond donors (Lipinski definition) is 1. The molecule has 1 aromatic carbocycles. The predicted octanol–water partition coefficient (Wildman–Crippen LogP) is 3.52. The second kappa shape index (κ2) is 5.16. The molecule has 0 spiro atoms. The number of thiazole rings is 1. The summed E-state index contributed by atoms with van der Waals surface area (Å²) in [6.45, 7) is 0.837. The van der Waals surface area contributed by atoms with Gasteiger partial charge in [0.2, 0.25) is 0 Å². The Balaban J connectivity index is 1.70. The van der Waals surface area contributed by atoms with Gasteiger partial charge in [-0.05, 0) is 36.5 Å². The fourth-order valence-corrected chi connectivity index (χ4v) is 2.74. The minimum atomic E-state index is -0.171. The molecule has 1 heterocycles. The third-order valence-corrected chi connectivity index (χ3v) is 4.08. The van der Waals surface area contributed by atoms with E-state index in [9.17, 15) is 4.39 Å². The van der Waals surface area contributed by atoms with Crippen LogP contribution in [0.15, 0.2) is 36.0 Å². The van der Waals surface area contributed by atoms with Crippen molar-refractivity contribution < 1.29 is 4.39 Å². The monoisotopic (exact) mass is 262 g/mol. The van der Waals surface area contributed by atoms with E-state index in [0.29, 0.717) is 12.0 Å². The zero-order valence-corrected chi connectivity index (χ0v) is 10.8. The van der Waals surface area contributed by atoms with Crippen molar-refractivity contribution in [3.8, 4) is 0 Å². The number of aromatic nitrogens is 1. The Labute approximate surface area is 110 Å². The molecule has 1 aliphatic carbocycles. The summed E-state index contributed by atoms with van der Waals surface area (Å²) in [5.74, 6) is 0.527. The largest absolute Gasteiger partial charge is 0.305 e. The van der Waals surface area contributed by atoms with Crippen molar-refractivity contribution in [2.75, 3.05) is 0 Å². The molecule has 18 heavy (non-hydrogen) atoms. The molecule has 94 valence electrons. The first-order valence-electron chi connectivity index (χ1n) is 6.19. The number of nitrogens with zero attached hydrogens (tertiary/aromatic N) is 1. The second-order valence-electron chi connectivity index (χ2n) is 4.72. The van der Waals surface area contributed by atoms with E-state index >= 15 is 0 Å². The van der Waals surface area contributed by atoms with Gasteiger partial charge in [0.05, 0.1) is 5.51 Å². The van der Waals surface area contributed by atoms with Crippen LogP contribution in [0.4, 0.5) is 4.39 Å². The van der Waals surface area contributed by atoms with Crippen LogP contribution in [0.1, 0.15) is 29.3 Å². The van der Waals surface area contributed by atoms with Crippen molar-refractivity contribution in [3.63, 3.8) is 0 Å². The number of nitrogens with one attached hydrogen (secondary N) is 1. The lowest BCUT2D eigenvalue weighted by Gasteiger charge is -2.18. The lowest BCUT2D eigenvalue weighted by Crippen LogP contribution is -2.22. The molecule has 4 heteroatoms. The van der Waals surface area contributed by atoms with Crippen LogP contribution in [0.3, 0.4) is 0 Å². The molecule has 1 saturated carbocycles. The Bertz CT molecular complexity index is 491. The lowest BCUT2D eigenvalue weighted by atomic mass is 10.0. The number of benzene rings is 1. The van der Waals surface area contributed by atoms with Gasteiger partial charge in [-0.2, -0.15) is 0 Å². The van der Waals surface area contributed by atoms with Crippen LogP contribution < -0.4 is 5.32 Å². The van der Waals surface area contributed by atoms with Gasteiger partial charge in [-0.15, -0.1) is 11.3 Å². The minimum absolute atomic E-state index is 0.171. The van der Waals surface area contributed by atoms with Crippen molar-refractivity contribution in [2.45, 2.75) is 25.4 Å². The zero-order chi connectivity index (χ0) is 12.4. The first kappa shape index (κ1) is 11.8. The van der Waals surface area contributed by atoms with Crippen molar-refractivity contribution in [1.82, 2.24) is 10.3 Å². The fraction of sp³-hybridized carbons (Fsp3) is 0.357. The molecule has 0 aliphatic heterocycles. The molecule has 1 N–H and O–H groups in total. The molecular formula is C14H15FN2S. The van der Waals surface area contributed by atoms with Crippen molar-refractivity contribution in [2.24, 2.45) is 5.92 Å². The van der Waals surface area contributed by atoms with Gasteiger partial charge in [-0.1, -0.05) is 12.1 Å². The summed E-state index contributed by atoms with van der Waals surface area (Å²) in [4.78, 5) is 5.31. The average molecular weight is 262 g/mol. The van der Waals surface area contributed by atoms with Gasteiger partial charge in [0.25, 0.3) is 0 Å². The summed E-state index contributed by atoms with van der Waals surface area (Å²) in [6, 6.07) is 7.20. The van der Waals surface area contributed by atoms with Crippen LogP contribution in [0.5, 0.6) is 0 Å². The number of hydrogen-bond acceptors (Lipinski definition) is 3. The Morgan fingerprint density at radius 2 is 2.11 bits per heavy atom. The lowest BCUT2D eigenvalue weighted by molar-refractivity contribution is 0.481. The summed E-state index contributed by atoms with van der Waals surface area (Å²) in [7, 11) is 0. The zero-order valence-electron chi connectivity index (χ0n) is 9.97. The maximum Gasteiger partial charge on any atom is 0.123 e. The van der Waals surface area contributed by atoms with Crippen molar-refractivity contribution in [1.29, 1.82) is 0 Å². The van der Waals surface area contributed by atoms with Gasteiger partial charge in [-0.25, -0.2) is 4.39 Å². The van der Waals surface area contributed by atoms with E-state index in [4.69, 9.17) is 0 Å². The molecule has 0 bridgehead atoms. The molecule has 0 saturated heterocycles. The maximum absolute atomic E-state index is 12.9. The SMILES string of the molecule is Fc1ccc(C(NCc2cncs2)C2CC2)cc1. The van der Waals surface area contributed by atoms with Crippen LogP contribution in [-0.4, -0.2) is 4.98 Å². The molecule has 1 aliphatic rings. The third kappa shape index (κ3) is 2.76. The molecular weight excluding hydrogens is 247 g/mol. The molecule has 1 atom stereocenters. The van der Waals surface area contributed by atoms with E-state index in [0.717, 1.165) is 6.54 Å². The standard InChI is InChI=1S/C14H15FN2S/c15-12-5-3-11(4-6-12)14(10-1-2-10)17-8-13-7-16-9-18-13/h3-7,9-10,14,17H,1-2,8H2. The number of halogens is 1. The summed E-state index contributed by atoms with van der Waals surface area (Å²) in [6.07, 6.45) is 4.42. The molecule has 0 radical (unpaired) electrons. The Kier molecular flexibility index (Phi) is 3.39. The van der Waals surface area contributed by atoms with Crippen LogP contribution in [0, 0.1) is 11.7 Å². The quantitative estimate of drug-likeness (QED) is 0.891. The van der Waals surface area contributed by atoms with E-state index in [1.54, 1.807) is 23.5 Å². The van der Waals surface area contributed by atoms with Crippen LogP contribution in [0.25, 0.3) is 0 Å². The summed E-state index contributed by atoms with van der Waals surface area (Å²) in [5.41, 5.74) is 3.03. The van der Waals surface area contributed by atoms with E-state index in [-0.39, 0.29) is 5.82 Å². The van der Waals surface area contributed by atoms with Crippen molar-refractivity contribution in [3.05, 3.63) is 52.2 Å². The molecule has 3 rings (SSSR count). The van der Waals surface area contributed by atoms with E-state index in [1.807, 2.05) is 23.8 Å². The topological polar surface area (TPSA) is 24.9 Å². The third-order valence-electron chi connectivity index (χ3n) is 3.30. The molecule has 2 aromatic rings. The Morgan fingerprint density at radius 3 is 2.72 bits per heavy atom. The Hall–Kier alpha value is -1.26. The molecule has 2 nitrogen and oxygen atoms in total. The van der Waals surface area contributed by atoms with Gasteiger partial charge in [-0.3, -0.25) is 4.98 Å². The summed E-state index contributed by atoms with van der Waals surface area (Å²) in [5, 5.41) is 3.57. The van der Waals surface area contributed by atoms with E-state index in [2.05, 4.69) is 10.3 Å². The summed E-state index contributed by atoms with van der Waals surface area (Å²) >= 11 is 1.66. The highest BCUT2D eigenvalue weighted by Crippen LogP contribution is 2.41. The highest BCUT2D eigenvalue weighted by atomic mass is 32.1. The molecule has 1 unspecified atom stereocenters. The first-order valence-corrected chi connectivity index (χ1v) is 7.07. The first-order chi connectivity index (χ1) is 8.83. The predicted molar refractivity (Wildman–Crippen MR) is 70.8 cm³/mol. The molecule has 1 fully saturated rings. The molecule has 0 amide bonds. The summed E-state index contributed by atoms with van der Waals surface area (Å²) < 4.78 is 12.9. The van der Waals surface area contributed by atoms with Gasteiger partial charge in [0, 0.05) is 23.7 Å². The van der Waals surface area contributed by atoms with Gasteiger partial charge in [0.15, 0.2) is 0 Å². The highest BCUT2D eigenvalue weighted by molar-refractivity contribution is 7.09. The van der Waals surface area contributed by atoms with Gasteiger partial charge >= 0.3 is 0 Å². The highest BCUT2D eigenvalue weighted by Gasteiger charge is 2.31. The minimum Gasteiger partial charge on any atom is -0.305 e. The van der Waals surface area contributed by atoms with Crippen LogP contribution in [0.2, 0.25) is 0 Å². The van der Waals surface area contributed by atoms with Crippen LogP contribution >= 0.6 is 11.3 Å². The number of rotatable bonds is 5. The van der Waals surface area contributed by atoms with Gasteiger partial charge in [0.1, 0.15) is 5.82 Å². The smallest absolute Gasteiger partial charge is 0.123 e. The average Bonchev–Trinajstić information content (AvgIpc) is 3.08. The Morgan fingerprint density at radius 1 is 1.33 bits per heavy atom. The second-order valence-corrected chi connectivity index (χ2v) is 5.69. The van der Waals surface area contributed by atoms with Crippen LogP contribution in [-0.2, 0) is 6.54 Å². The van der Waals surface area contributed by atoms with Crippen molar-refractivity contribution >= 4 is 11.3 Å².